The Hall–Kier alpha value is -2.25. The van der Waals surface area contributed by atoms with Gasteiger partial charge in [-0.15, -0.1) is 11.3 Å². The van der Waals surface area contributed by atoms with Crippen molar-refractivity contribution in [1.82, 2.24) is 14.8 Å². The number of hydrogen-bond acceptors (Lipinski definition) is 5. The van der Waals surface area contributed by atoms with Gasteiger partial charge < -0.3 is 15.1 Å². The molecule has 0 aliphatic rings. The number of nitrogens with one attached hydrogen (secondary N) is 1. The maximum Gasteiger partial charge on any atom is 0.254 e. The number of nitrogens with zero attached hydrogens (tertiary/aromatic N) is 3. The smallest absolute Gasteiger partial charge is 0.254 e. The SMILES string of the molecule is Cc1nc(NC(=O)CN(CCCN(C)C)C(=O)c2ccccc2)sc1C. The predicted molar refractivity (Wildman–Crippen MR) is 106 cm³/mol. The molecular weight excluding hydrogens is 348 g/mol. The Morgan fingerprint density at radius 2 is 1.81 bits per heavy atom. The second-order valence-corrected chi connectivity index (χ2v) is 7.66. The van der Waals surface area contributed by atoms with Gasteiger partial charge in [-0.2, -0.15) is 0 Å². The Bertz CT molecular complexity index is 724. The number of aryl methyl sites for hydroxylation is 2. The van der Waals surface area contributed by atoms with E-state index in [-0.39, 0.29) is 18.4 Å². The Labute approximate surface area is 158 Å². The summed E-state index contributed by atoms with van der Waals surface area (Å²) in [6.07, 6.45) is 0.800. The van der Waals surface area contributed by atoms with Gasteiger partial charge in [0, 0.05) is 17.0 Å². The normalized spacial score (nSPS) is 10.8. The number of anilines is 1. The van der Waals surface area contributed by atoms with Crippen LogP contribution in [0.1, 0.15) is 27.3 Å². The van der Waals surface area contributed by atoms with E-state index in [2.05, 4.69) is 15.2 Å². The summed E-state index contributed by atoms with van der Waals surface area (Å²) in [5.41, 5.74) is 1.50. The Balaban J connectivity index is 2.04. The van der Waals surface area contributed by atoms with Gasteiger partial charge in [-0.3, -0.25) is 9.59 Å². The average molecular weight is 375 g/mol. The molecule has 2 rings (SSSR count). The molecule has 1 aromatic heterocycles. The molecule has 0 saturated carbocycles. The Kier molecular flexibility index (Phi) is 7.29. The van der Waals surface area contributed by atoms with Crippen LogP contribution >= 0.6 is 11.3 Å². The van der Waals surface area contributed by atoms with Crippen LogP contribution in [0.5, 0.6) is 0 Å². The number of aromatic nitrogens is 1. The van der Waals surface area contributed by atoms with Gasteiger partial charge in [0.1, 0.15) is 6.54 Å². The number of amides is 2. The standard InChI is InChI=1S/C19H26N4O2S/c1-14-15(2)26-19(20-14)21-17(24)13-23(12-8-11-22(3)4)18(25)16-9-6-5-7-10-16/h5-7,9-10H,8,11-13H2,1-4H3,(H,20,21,24). The van der Waals surface area contributed by atoms with Crippen molar-refractivity contribution in [2.45, 2.75) is 20.3 Å². The van der Waals surface area contributed by atoms with Crippen LogP contribution in [0, 0.1) is 13.8 Å². The summed E-state index contributed by atoms with van der Waals surface area (Å²) < 4.78 is 0. The fourth-order valence-corrected chi connectivity index (χ4v) is 3.28. The van der Waals surface area contributed by atoms with E-state index in [0.717, 1.165) is 23.5 Å². The molecule has 1 aromatic carbocycles. The van der Waals surface area contributed by atoms with Crippen molar-refractivity contribution in [3.63, 3.8) is 0 Å². The molecule has 26 heavy (non-hydrogen) atoms. The van der Waals surface area contributed by atoms with Gasteiger partial charge in [-0.25, -0.2) is 4.98 Å². The second-order valence-electron chi connectivity index (χ2n) is 6.46. The summed E-state index contributed by atoms with van der Waals surface area (Å²) in [5.74, 6) is -0.362. The Morgan fingerprint density at radius 1 is 1.12 bits per heavy atom. The van der Waals surface area contributed by atoms with Crippen LogP contribution in [0.3, 0.4) is 0 Å². The molecule has 1 heterocycles. The first-order chi connectivity index (χ1) is 12.4. The number of carbonyl (C=O) groups is 2. The summed E-state index contributed by atoms with van der Waals surface area (Å²) in [6.45, 7) is 5.27. The molecule has 0 saturated heterocycles. The maximum atomic E-state index is 12.8. The van der Waals surface area contributed by atoms with Gasteiger partial charge in [0.25, 0.3) is 5.91 Å². The van der Waals surface area contributed by atoms with E-state index < -0.39 is 0 Å². The van der Waals surface area contributed by atoms with E-state index in [0.29, 0.717) is 17.2 Å². The topological polar surface area (TPSA) is 65.5 Å². The molecule has 0 aliphatic heterocycles. The number of rotatable bonds is 8. The van der Waals surface area contributed by atoms with E-state index in [1.165, 1.54) is 11.3 Å². The van der Waals surface area contributed by atoms with Crippen LogP contribution in [-0.2, 0) is 4.79 Å². The summed E-state index contributed by atoms with van der Waals surface area (Å²) in [6, 6.07) is 9.06. The average Bonchev–Trinajstić information content (AvgIpc) is 2.91. The van der Waals surface area contributed by atoms with Crippen LogP contribution in [-0.4, -0.2) is 60.3 Å². The molecule has 1 N–H and O–H groups in total. The first-order valence-electron chi connectivity index (χ1n) is 8.59. The molecule has 0 bridgehead atoms. The quantitative estimate of drug-likeness (QED) is 0.772. The van der Waals surface area contributed by atoms with Crippen LogP contribution < -0.4 is 5.32 Å². The number of thiazole rings is 1. The number of hydrogen-bond donors (Lipinski definition) is 1. The largest absolute Gasteiger partial charge is 0.329 e. The van der Waals surface area contributed by atoms with Crippen LogP contribution in [0.4, 0.5) is 5.13 Å². The molecule has 0 radical (unpaired) electrons. The fraction of sp³-hybridized carbons (Fsp3) is 0.421. The van der Waals surface area contributed by atoms with Crippen molar-refractivity contribution < 1.29 is 9.59 Å². The Morgan fingerprint density at radius 3 is 2.38 bits per heavy atom. The molecule has 0 aliphatic carbocycles. The monoisotopic (exact) mass is 374 g/mol. The zero-order valence-electron chi connectivity index (χ0n) is 15.8. The van der Waals surface area contributed by atoms with Crippen LogP contribution in [0.2, 0.25) is 0 Å². The van der Waals surface area contributed by atoms with Crippen molar-refractivity contribution in [3.8, 4) is 0 Å². The van der Waals surface area contributed by atoms with Crippen molar-refractivity contribution in [1.29, 1.82) is 0 Å². The molecule has 0 atom stereocenters. The van der Waals surface area contributed by atoms with Gasteiger partial charge in [0.05, 0.1) is 5.69 Å². The number of benzene rings is 1. The highest BCUT2D eigenvalue weighted by molar-refractivity contribution is 7.15. The molecule has 0 spiro atoms. The van der Waals surface area contributed by atoms with Gasteiger partial charge in [0.2, 0.25) is 5.91 Å². The number of carbonyl (C=O) groups excluding carboxylic acids is 2. The van der Waals surface area contributed by atoms with Crippen molar-refractivity contribution >= 4 is 28.3 Å². The minimum absolute atomic E-state index is 0.0127. The van der Waals surface area contributed by atoms with E-state index in [1.807, 2.05) is 46.1 Å². The highest BCUT2D eigenvalue weighted by Gasteiger charge is 2.19. The summed E-state index contributed by atoms with van der Waals surface area (Å²) >= 11 is 1.44. The van der Waals surface area contributed by atoms with Crippen molar-refractivity contribution in [3.05, 3.63) is 46.5 Å². The first kappa shape index (κ1) is 20.1. The van der Waals surface area contributed by atoms with E-state index >= 15 is 0 Å². The molecule has 0 fully saturated rings. The molecule has 6 nitrogen and oxygen atoms in total. The van der Waals surface area contributed by atoms with Crippen LogP contribution in [0.15, 0.2) is 30.3 Å². The third-order valence-electron chi connectivity index (χ3n) is 3.95. The van der Waals surface area contributed by atoms with E-state index in [4.69, 9.17) is 0 Å². The fourth-order valence-electron chi connectivity index (χ4n) is 2.45. The predicted octanol–water partition coefficient (Wildman–Crippen LogP) is 2.79. The zero-order valence-corrected chi connectivity index (χ0v) is 16.6. The van der Waals surface area contributed by atoms with Gasteiger partial charge in [0.15, 0.2) is 5.13 Å². The third-order valence-corrected chi connectivity index (χ3v) is 4.94. The highest BCUT2D eigenvalue weighted by atomic mass is 32.1. The molecule has 140 valence electrons. The van der Waals surface area contributed by atoms with E-state index in [1.54, 1.807) is 17.0 Å². The molecule has 0 unspecified atom stereocenters. The summed E-state index contributed by atoms with van der Waals surface area (Å²) in [5, 5.41) is 3.38. The van der Waals surface area contributed by atoms with Crippen molar-refractivity contribution in [2.75, 3.05) is 39.0 Å². The second kappa shape index (κ2) is 9.45. The first-order valence-corrected chi connectivity index (χ1v) is 9.41. The maximum absolute atomic E-state index is 12.8. The third kappa shape index (κ3) is 5.93. The zero-order chi connectivity index (χ0) is 19.1. The molecular formula is C19H26N4O2S. The van der Waals surface area contributed by atoms with E-state index in [9.17, 15) is 9.59 Å². The van der Waals surface area contributed by atoms with Crippen LogP contribution in [0.25, 0.3) is 0 Å². The minimum atomic E-state index is -0.229. The highest BCUT2D eigenvalue weighted by Crippen LogP contribution is 2.21. The molecule has 2 aromatic rings. The lowest BCUT2D eigenvalue weighted by molar-refractivity contribution is -0.116. The van der Waals surface area contributed by atoms with Gasteiger partial charge in [-0.05, 0) is 53.0 Å². The van der Waals surface area contributed by atoms with Gasteiger partial charge >= 0.3 is 0 Å². The lowest BCUT2D eigenvalue weighted by Crippen LogP contribution is -2.39. The molecule has 7 heteroatoms. The van der Waals surface area contributed by atoms with Crippen molar-refractivity contribution in [2.24, 2.45) is 0 Å². The lowest BCUT2D eigenvalue weighted by Gasteiger charge is -2.23. The molecule has 2 amide bonds. The summed E-state index contributed by atoms with van der Waals surface area (Å²) in [7, 11) is 3.98. The lowest BCUT2D eigenvalue weighted by atomic mass is 10.2. The summed E-state index contributed by atoms with van der Waals surface area (Å²) in [4.78, 5) is 34.3. The van der Waals surface area contributed by atoms with Gasteiger partial charge in [-0.1, -0.05) is 18.2 Å². The minimum Gasteiger partial charge on any atom is -0.329 e.